The summed E-state index contributed by atoms with van der Waals surface area (Å²) in [5.74, 6) is 0.180. The molecule has 0 fully saturated rings. The number of hydrogen-bond acceptors (Lipinski definition) is 5. The average Bonchev–Trinajstić information content (AvgIpc) is 3.09. The molecule has 5 rings (SSSR count). The van der Waals surface area contributed by atoms with Crippen LogP contribution in [0.5, 0.6) is 5.75 Å². The van der Waals surface area contributed by atoms with Crippen molar-refractivity contribution in [1.82, 2.24) is 5.32 Å². The van der Waals surface area contributed by atoms with Crippen molar-refractivity contribution in [3.8, 4) is 16.9 Å². The largest absolute Gasteiger partial charge is 0.494 e. The van der Waals surface area contributed by atoms with Gasteiger partial charge in [-0.05, 0) is 90.4 Å². The highest BCUT2D eigenvalue weighted by Gasteiger charge is 2.15. The maximum atomic E-state index is 13.4. The van der Waals surface area contributed by atoms with Gasteiger partial charge in [0.25, 0.3) is 11.8 Å². The molecule has 0 radical (unpaired) electrons. The first-order valence-electron chi connectivity index (χ1n) is 14.5. The van der Waals surface area contributed by atoms with Crippen LogP contribution < -0.4 is 15.4 Å². The number of benzene rings is 5. The third-order valence-corrected chi connectivity index (χ3v) is 7.84. The maximum absolute atomic E-state index is 13.4. The molecular weight excluding hydrogens is 580 g/mol. The van der Waals surface area contributed by atoms with E-state index in [1.54, 1.807) is 66.7 Å². The highest BCUT2D eigenvalue weighted by molar-refractivity contribution is 8.00. The Hall–Kier alpha value is -5.40. The Morgan fingerprint density at radius 3 is 1.96 bits per heavy atom. The first-order chi connectivity index (χ1) is 22.0. The Bertz CT molecular complexity index is 1770. The summed E-state index contributed by atoms with van der Waals surface area (Å²) in [6.07, 6.45) is 1.65. The highest BCUT2D eigenvalue weighted by Crippen LogP contribution is 2.23. The van der Waals surface area contributed by atoms with Gasteiger partial charge in [-0.15, -0.1) is 11.8 Å². The topological polar surface area (TPSA) is 84.5 Å². The average molecular weight is 613 g/mol. The minimum atomic E-state index is -0.461. The minimum Gasteiger partial charge on any atom is -0.494 e. The second-order valence-electron chi connectivity index (χ2n) is 10.0. The molecule has 5 aromatic carbocycles. The van der Waals surface area contributed by atoms with E-state index in [-0.39, 0.29) is 23.1 Å². The van der Waals surface area contributed by atoms with E-state index in [0.29, 0.717) is 23.4 Å². The van der Waals surface area contributed by atoms with Crippen LogP contribution in [-0.4, -0.2) is 30.0 Å². The van der Waals surface area contributed by atoms with Gasteiger partial charge in [0, 0.05) is 21.7 Å². The number of amides is 2. The number of anilines is 1. The second kappa shape index (κ2) is 15.4. The number of ether oxygens (including phenoxy) is 1. The van der Waals surface area contributed by atoms with Crippen molar-refractivity contribution in [2.24, 2.45) is 0 Å². The lowest BCUT2D eigenvalue weighted by Gasteiger charge is -2.12. The fourth-order valence-corrected chi connectivity index (χ4v) is 5.27. The number of rotatable bonds is 12. The zero-order chi connectivity index (χ0) is 31.4. The molecule has 224 valence electrons. The number of nitrogens with one attached hydrogen (secondary N) is 2. The maximum Gasteiger partial charge on any atom is 0.272 e. The van der Waals surface area contributed by atoms with E-state index < -0.39 is 5.91 Å². The molecule has 0 spiro atoms. The Balaban J connectivity index is 1.26. The van der Waals surface area contributed by atoms with E-state index in [4.69, 9.17) is 4.74 Å². The molecule has 5 aromatic rings. The van der Waals surface area contributed by atoms with Crippen LogP contribution in [0.4, 0.5) is 5.69 Å². The molecule has 0 aliphatic carbocycles. The summed E-state index contributed by atoms with van der Waals surface area (Å²) in [5, 5.41) is 5.66. The Morgan fingerprint density at radius 1 is 0.689 bits per heavy atom. The number of thioether (sulfide) groups is 1. The predicted octanol–water partition coefficient (Wildman–Crippen LogP) is 8.14. The molecule has 2 amide bonds. The lowest BCUT2D eigenvalue weighted by atomic mass is 10.0. The summed E-state index contributed by atoms with van der Waals surface area (Å²) in [5.41, 5.74) is 4.63. The minimum absolute atomic E-state index is 0.0150. The summed E-state index contributed by atoms with van der Waals surface area (Å²) >= 11 is 1.42. The van der Waals surface area contributed by atoms with Crippen LogP contribution in [0.1, 0.15) is 33.2 Å². The Kier molecular flexibility index (Phi) is 10.6. The zero-order valence-corrected chi connectivity index (χ0v) is 25.6. The molecule has 0 bridgehead atoms. The van der Waals surface area contributed by atoms with Crippen LogP contribution in [0, 0.1) is 0 Å². The number of carbonyl (C=O) groups excluding carboxylic acids is 3. The third kappa shape index (κ3) is 8.81. The zero-order valence-electron chi connectivity index (χ0n) is 24.7. The van der Waals surface area contributed by atoms with E-state index in [2.05, 4.69) is 10.6 Å². The second-order valence-corrected chi connectivity index (χ2v) is 11.1. The van der Waals surface area contributed by atoms with Crippen molar-refractivity contribution in [2.45, 2.75) is 11.8 Å². The molecule has 6 nitrogen and oxygen atoms in total. The molecule has 0 aromatic heterocycles. The number of carbonyl (C=O) groups is 3. The molecule has 45 heavy (non-hydrogen) atoms. The van der Waals surface area contributed by atoms with Crippen molar-refractivity contribution >= 4 is 41.1 Å². The van der Waals surface area contributed by atoms with Gasteiger partial charge in [-0.3, -0.25) is 14.4 Å². The third-order valence-electron chi connectivity index (χ3n) is 6.83. The van der Waals surface area contributed by atoms with E-state index in [1.807, 2.05) is 79.7 Å². The molecule has 0 aliphatic rings. The van der Waals surface area contributed by atoms with Crippen molar-refractivity contribution in [1.29, 1.82) is 0 Å². The van der Waals surface area contributed by atoms with Crippen LogP contribution in [0.25, 0.3) is 17.2 Å². The SMILES string of the molecule is CCOc1ccc(C(=O)CSc2ccc(NC(=O)/C(=C/c3ccc(-c4ccccc4)cc3)NC(=O)c3ccccc3)cc2)cc1. The van der Waals surface area contributed by atoms with Gasteiger partial charge < -0.3 is 15.4 Å². The fraction of sp³-hybridized carbons (Fsp3) is 0.0789. The molecular formula is C38H32N2O4S. The Morgan fingerprint density at radius 2 is 1.31 bits per heavy atom. The van der Waals surface area contributed by atoms with E-state index >= 15 is 0 Å². The van der Waals surface area contributed by atoms with Gasteiger partial charge >= 0.3 is 0 Å². The smallest absolute Gasteiger partial charge is 0.272 e. The van der Waals surface area contributed by atoms with Crippen LogP contribution in [-0.2, 0) is 4.79 Å². The van der Waals surface area contributed by atoms with Gasteiger partial charge in [0.05, 0.1) is 12.4 Å². The van der Waals surface area contributed by atoms with Crippen molar-refractivity contribution < 1.29 is 19.1 Å². The summed E-state index contributed by atoms with van der Waals surface area (Å²) in [6.45, 7) is 2.49. The summed E-state index contributed by atoms with van der Waals surface area (Å²) in [6, 6.07) is 40.9. The molecule has 0 heterocycles. The molecule has 0 atom stereocenters. The number of ketones is 1. The molecule has 0 saturated carbocycles. The van der Waals surface area contributed by atoms with Crippen LogP contribution in [0.3, 0.4) is 0 Å². The number of Topliss-reactive ketones (excluding diaryl/α,β-unsaturated/α-hetero) is 1. The van der Waals surface area contributed by atoms with Crippen LogP contribution >= 0.6 is 11.8 Å². The van der Waals surface area contributed by atoms with Gasteiger partial charge in [-0.1, -0.05) is 72.8 Å². The van der Waals surface area contributed by atoms with Crippen LogP contribution in [0.15, 0.2) is 144 Å². The van der Waals surface area contributed by atoms with E-state index in [9.17, 15) is 14.4 Å². The normalized spacial score (nSPS) is 11.0. The lowest BCUT2D eigenvalue weighted by Crippen LogP contribution is -2.30. The molecule has 7 heteroatoms. The molecule has 0 saturated heterocycles. The van der Waals surface area contributed by atoms with E-state index in [1.165, 1.54) is 11.8 Å². The summed E-state index contributed by atoms with van der Waals surface area (Å²) in [4.78, 5) is 40.0. The van der Waals surface area contributed by atoms with Crippen LogP contribution in [0.2, 0.25) is 0 Å². The first-order valence-corrected chi connectivity index (χ1v) is 15.5. The predicted molar refractivity (Wildman–Crippen MR) is 182 cm³/mol. The van der Waals surface area contributed by atoms with Gasteiger partial charge in [0.1, 0.15) is 11.4 Å². The number of hydrogen-bond donors (Lipinski definition) is 2. The quantitative estimate of drug-likeness (QED) is 0.0844. The molecule has 2 N–H and O–H groups in total. The first kappa shape index (κ1) is 31.0. The van der Waals surface area contributed by atoms with Gasteiger partial charge in [-0.2, -0.15) is 0 Å². The van der Waals surface area contributed by atoms with Crippen molar-refractivity contribution in [3.05, 3.63) is 156 Å². The van der Waals surface area contributed by atoms with Crippen molar-refractivity contribution in [3.63, 3.8) is 0 Å². The fourth-order valence-electron chi connectivity index (χ4n) is 4.48. The Labute approximate surface area is 267 Å². The monoisotopic (exact) mass is 612 g/mol. The highest BCUT2D eigenvalue weighted by atomic mass is 32.2. The summed E-state index contributed by atoms with van der Waals surface area (Å²) < 4.78 is 5.44. The van der Waals surface area contributed by atoms with Gasteiger partial charge in [0.2, 0.25) is 0 Å². The van der Waals surface area contributed by atoms with E-state index in [0.717, 1.165) is 27.3 Å². The van der Waals surface area contributed by atoms with Gasteiger partial charge in [-0.25, -0.2) is 0 Å². The standard InChI is InChI=1S/C38H32N2O4S/c1-2-44-33-21-17-30(18-22-33)36(41)26-45-34-23-19-32(20-24-34)39-38(43)35(40-37(42)31-11-7-4-8-12-31)25-27-13-15-29(16-14-27)28-9-5-3-6-10-28/h3-25H,2,26H2,1H3,(H,39,43)(H,40,42)/b35-25-. The summed E-state index contributed by atoms with van der Waals surface area (Å²) in [7, 11) is 0. The lowest BCUT2D eigenvalue weighted by molar-refractivity contribution is -0.113. The van der Waals surface area contributed by atoms with Gasteiger partial charge in [0.15, 0.2) is 5.78 Å². The molecule has 0 unspecified atom stereocenters. The van der Waals surface area contributed by atoms with Crippen molar-refractivity contribution in [2.75, 3.05) is 17.7 Å². The molecule has 0 aliphatic heterocycles.